The van der Waals surface area contributed by atoms with Crippen LogP contribution in [0, 0.1) is 0 Å². The van der Waals surface area contributed by atoms with Gasteiger partial charge in [0.15, 0.2) is 6.61 Å². The van der Waals surface area contributed by atoms with Crippen LogP contribution in [0.1, 0.15) is 18.4 Å². The Labute approximate surface area is 168 Å². The van der Waals surface area contributed by atoms with E-state index in [4.69, 9.17) is 27.9 Å². The van der Waals surface area contributed by atoms with Gasteiger partial charge in [-0.2, -0.15) is 0 Å². The highest BCUT2D eigenvalue weighted by Crippen LogP contribution is 2.24. The van der Waals surface area contributed by atoms with E-state index in [1.807, 2.05) is 24.3 Å². The van der Waals surface area contributed by atoms with Crippen molar-refractivity contribution in [2.75, 3.05) is 24.6 Å². The Morgan fingerprint density at radius 1 is 1.11 bits per heavy atom. The van der Waals surface area contributed by atoms with Gasteiger partial charge in [0.2, 0.25) is 5.91 Å². The topological polar surface area (TPSA) is 58.6 Å². The second-order valence-electron chi connectivity index (χ2n) is 6.31. The number of hydrogen-bond donors (Lipinski definition) is 1. The Balaban J connectivity index is 1.41. The lowest BCUT2D eigenvalue weighted by Gasteiger charge is -2.16. The quantitative estimate of drug-likeness (QED) is 0.759. The zero-order chi connectivity index (χ0) is 19.2. The maximum absolute atomic E-state index is 11.9. The molecule has 0 aromatic heterocycles. The van der Waals surface area contributed by atoms with Gasteiger partial charge in [0, 0.05) is 35.2 Å². The first-order valence-corrected chi connectivity index (χ1v) is 9.52. The molecule has 1 aliphatic heterocycles. The average Bonchev–Trinajstić information content (AvgIpc) is 3.05. The van der Waals surface area contributed by atoms with E-state index in [2.05, 4.69) is 5.32 Å². The highest BCUT2D eigenvalue weighted by Gasteiger charge is 2.21. The summed E-state index contributed by atoms with van der Waals surface area (Å²) >= 11 is 11.9. The molecule has 0 radical (unpaired) electrons. The van der Waals surface area contributed by atoms with Crippen molar-refractivity contribution in [3.05, 3.63) is 58.1 Å². The number of carbonyl (C=O) groups excluding carboxylic acids is 2. The fourth-order valence-electron chi connectivity index (χ4n) is 2.94. The molecule has 1 fully saturated rings. The normalized spacial score (nSPS) is 13.7. The summed E-state index contributed by atoms with van der Waals surface area (Å²) in [4.78, 5) is 25.4. The van der Waals surface area contributed by atoms with Crippen molar-refractivity contribution in [3.8, 4) is 5.75 Å². The molecule has 0 aliphatic carbocycles. The lowest BCUT2D eigenvalue weighted by Crippen LogP contribution is -2.30. The van der Waals surface area contributed by atoms with Gasteiger partial charge in [0.05, 0.1) is 0 Å². The zero-order valence-corrected chi connectivity index (χ0v) is 16.2. The Morgan fingerprint density at radius 3 is 2.44 bits per heavy atom. The number of halogens is 2. The fourth-order valence-corrected chi connectivity index (χ4v) is 3.52. The van der Waals surface area contributed by atoms with Gasteiger partial charge in [-0.3, -0.25) is 9.59 Å². The van der Waals surface area contributed by atoms with Crippen LogP contribution in [0.2, 0.25) is 10.0 Å². The Bertz CT molecular complexity index is 804. The van der Waals surface area contributed by atoms with Crippen LogP contribution in [0.3, 0.4) is 0 Å². The van der Waals surface area contributed by atoms with Crippen molar-refractivity contribution in [3.63, 3.8) is 0 Å². The summed E-state index contributed by atoms with van der Waals surface area (Å²) in [5.74, 6) is 0.521. The zero-order valence-electron chi connectivity index (χ0n) is 14.7. The maximum Gasteiger partial charge on any atom is 0.257 e. The number of ether oxygens (including phenoxy) is 1. The monoisotopic (exact) mass is 406 g/mol. The van der Waals surface area contributed by atoms with Gasteiger partial charge in [0.25, 0.3) is 5.91 Å². The summed E-state index contributed by atoms with van der Waals surface area (Å²) in [7, 11) is 0. The number of amides is 2. The number of rotatable bonds is 7. The van der Waals surface area contributed by atoms with E-state index >= 15 is 0 Å². The Morgan fingerprint density at radius 2 is 1.81 bits per heavy atom. The molecule has 1 aliphatic rings. The van der Waals surface area contributed by atoms with Crippen molar-refractivity contribution >= 4 is 40.7 Å². The molecule has 2 aromatic rings. The number of hydrogen-bond acceptors (Lipinski definition) is 3. The van der Waals surface area contributed by atoms with Crippen molar-refractivity contribution in [2.45, 2.75) is 19.3 Å². The first kappa shape index (κ1) is 19.5. The molecule has 142 valence electrons. The SMILES string of the molecule is O=C(COc1ccc(N2CCCC2=O)cc1)NCCc1cc(Cl)cc(Cl)c1. The van der Waals surface area contributed by atoms with E-state index in [9.17, 15) is 9.59 Å². The minimum absolute atomic E-state index is 0.0711. The van der Waals surface area contributed by atoms with Gasteiger partial charge in [-0.05, 0) is 60.9 Å². The number of benzene rings is 2. The molecule has 2 amide bonds. The predicted molar refractivity (Wildman–Crippen MR) is 107 cm³/mol. The van der Waals surface area contributed by atoms with Crippen LogP contribution in [0.15, 0.2) is 42.5 Å². The maximum atomic E-state index is 11.9. The van der Waals surface area contributed by atoms with Gasteiger partial charge < -0.3 is 15.0 Å². The number of carbonyl (C=O) groups is 2. The van der Waals surface area contributed by atoms with Crippen molar-refractivity contribution < 1.29 is 14.3 Å². The second kappa shape index (κ2) is 9.11. The van der Waals surface area contributed by atoms with E-state index in [1.54, 1.807) is 23.1 Å². The lowest BCUT2D eigenvalue weighted by molar-refractivity contribution is -0.123. The Hall–Kier alpha value is -2.24. The molecule has 27 heavy (non-hydrogen) atoms. The van der Waals surface area contributed by atoms with Crippen molar-refractivity contribution in [1.29, 1.82) is 0 Å². The van der Waals surface area contributed by atoms with Crippen LogP contribution in [0.5, 0.6) is 5.75 Å². The van der Waals surface area contributed by atoms with Gasteiger partial charge in [-0.1, -0.05) is 23.2 Å². The smallest absolute Gasteiger partial charge is 0.257 e. The van der Waals surface area contributed by atoms with E-state index < -0.39 is 0 Å². The van der Waals surface area contributed by atoms with Crippen LogP contribution in [0.25, 0.3) is 0 Å². The third kappa shape index (κ3) is 5.62. The highest BCUT2D eigenvalue weighted by atomic mass is 35.5. The molecule has 1 heterocycles. The van der Waals surface area contributed by atoms with E-state index in [-0.39, 0.29) is 18.4 Å². The minimum atomic E-state index is -0.207. The van der Waals surface area contributed by atoms with E-state index in [0.717, 1.165) is 24.2 Å². The van der Waals surface area contributed by atoms with Crippen molar-refractivity contribution in [2.24, 2.45) is 0 Å². The summed E-state index contributed by atoms with van der Waals surface area (Å²) in [6.45, 7) is 1.15. The molecule has 1 N–H and O–H groups in total. The van der Waals surface area contributed by atoms with Gasteiger partial charge in [-0.15, -0.1) is 0 Å². The van der Waals surface area contributed by atoms with Gasteiger partial charge in [-0.25, -0.2) is 0 Å². The number of nitrogens with zero attached hydrogens (tertiary/aromatic N) is 1. The molecule has 0 atom stereocenters. The summed E-state index contributed by atoms with van der Waals surface area (Å²) < 4.78 is 5.50. The van der Waals surface area contributed by atoms with Crippen LogP contribution in [-0.2, 0) is 16.0 Å². The van der Waals surface area contributed by atoms with Crippen LogP contribution >= 0.6 is 23.2 Å². The minimum Gasteiger partial charge on any atom is -0.484 e. The highest BCUT2D eigenvalue weighted by molar-refractivity contribution is 6.34. The molecule has 0 bridgehead atoms. The molecule has 0 saturated carbocycles. The number of nitrogens with one attached hydrogen (secondary N) is 1. The molecule has 1 saturated heterocycles. The molecule has 7 heteroatoms. The Kier molecular flexibility index (Phi) is 6.58. The van der Waals surface area contributed by atoms with Crippen LogP contribution in [0.4, 0.5) is 5.69 Å². The van der Waals surface area contributed by atoms with Crippen LogP contribution < -0.4 is 15.0 Å². The predicted octanol–water partition coefficient (Wildman–Crippen LogP) is 3.86. The number of anilines is 1. The van der Waals surface area contributed by atoms with Crippen LogP contribution in [-0.4, -0.2) is 31.5 Å². The van der Waals surface area contributed by atoms with Gasteiger partial charge in [0.1, 0.15) is 5.75 Å². The first-order chi connectivity index (χ1) is 13.0. The molecule has 0 unspecified atom stereocenters. The van der Waals surface area contributed by atoms with Gasteiger partial charge >= 0.3 is 0 Å². The third-order valence-corrected chi connectivity index (χ3v) is 4.69. The van der Waals surface area contributed by atoms with Crippen molar-refractivity contribution in [1.82, 2.24) is 5.32 Å². The summed E-state index contributed by atoms with van der Waals surface area (Å²) in [5.41, 5.74) is 1.82. The third-order valence-electron chi connectivity index (χ3n) is 4.25. The molecule has 2 aromatic carbocycles. The second-order valence-corrected chi connectivity index (χ2v) is 7.18. The summed E-state index contributed by atoms with van der Waals surface area (Å²) in [6, 6.07) is 12.5. The largest absolute Gasteiger partial charge is 0.484 e. The average molecular weight is 407 g/mol. The standard InChI is InChI=1S/C20H20Cl2N2O3/c21-15-10-14(11-16(22)12-15)7-8-23-19(25)13-27-18-5-3-17(4-6-18)24-9-1-2-20(24)26/h3-6,10-12H,1-2,7-9,13H2,(H,23,25). The lowest BCUT2D eigenvalue weighted by atomic mass is 10.1. The molecule has 0 spiro atoms. The van der Waals surface area contributed by atoms with E-state index in [1.165, 1.54) is 0 Å². The fraction of sp³-hybridized carbons (Fsp3) is 0.300. The summed E-state index contributed by atoms with van der Waals surface area (Å²) in [5, 5.41) is 3.95. The molecule has 5 nitrogen and oxygen atoms in total. The van der Waals surface area contributed by atoms with E-state index in [0.29, 0.717) is 35.2 Å². The molecular weight excluding hydrogens is 387 g/mol. The first-order valence-electron chi connectivity index (χ1n) is 8.76. The molecule has 3 rings (SSSR count). The summed E-state index contributed by atoms with van der Waals surface area (Å²) in [6.07, 6.45) is 2.11. The molecular formula is C20H20Cl2N2O3.